The number of aliphatic hydroxyl groups is 1. The number of hydrogen-bond acceptors (Lipinski definition) is 10. The van der Waals surface area contributed by atoms with Gasteiger partial charge in [-0.05, 0) is 37.3 Å². The normalized spacial score (nSPS) is 11.3. The summed E-state index contributed by atoms with van der Waals surface area (Å²) in [5, 5.41) is 16.9. The van der Waals surface area contributed by atoms with E-state index in [2.05, 4.69) is 30.1 Å². The third kappa shape index (κ3) is 6.56. The molecule has 5 rings (SSSR count). The molecule has 0 aliphatic carbocycles. The van der Waals surface area contributed by atoms with E-state index in [1.54, 1.807) is 13.0 Å². The minimum Gasteiger partial charge on any atom is -0.493 e. The quantitative estimate of drug-likeness (QED) is 0.225. The number of halogens is 3. The lowest BCUT2D eigenvalue weighted by Gasteiger charge is -2.15. The number of nitrogens with one attached hydrogen (secondary N) is 1. The lowest BCUT2D eigenvalue weighted by molar-refractivity contribution is -0.275. The van der Waals surface area contributed by atoms with Crippen molar-refractivity contribution >= 4 is 22.6 Å². The van der Waals surface area contributed by atoms with Gasteiger partial charge in [0, 0.05) is 29.4 Å². The molecule has 0 saturated heterocycles. The fourth-order valence-electron chi connectivity index (χ4n) is 4.05. The number of benzene rings is 1. The molecule has 0 unspecified atom stereocenters. The molecule has 43 heavy (non-hydrogen) atoms. The summed E-state index contributed by atoms with van der Waals surface area (Å²) in [6, 6.07) is 8.51. The maximum absolute atomic E-state index is 13.1. The Bertz CT molecular complexity index is 1760. The van der Waals surface area contributed by atoms with E-state index in [9.17, 15) is 23.1 Å². The average molecular weight is 597 g/mol. The van der Waals surface area contributed by atoms with Crippen LogP contribution in [0.3, 0.4) is 0 Å². The minimum atomic E-state index is -4.93. The summed E-state index contributed by atoms with van der Waals surface area (Å²) in [6.07, 6.45) is 2.36. The van der Waals surface area contributed by atoms with Crippen LogP contribution >= 0.6 is 0 Å². The van der Waals surface area contributed by atoms with Gasteiger partial charge in [0.05, 0.1) is 50.1 Å². The Hall–Kier alpha value is -5.44. The van der Waals surface area contributed by atoms with Crippen LogP contribution in [-0.2, 0) is 6.61 Å². The van der Waals surface area contributed by atoms with Crippen molar-refractivity contribution in [1.29, 1.82) is 0 Å². The van der Waals surface area contributed by atoms with Gasteiger partial charge in [-0.2, -0.15) is 5.10 Å². The summed E-state index contributed by atoms with van der Waals surface area (Å²) < 4.78 is 60.7. The van der Waals surface area contributed by atoms with E-state index in [-0.39, 0.29) is 53.1 Å². The van der Waals surface area contributed by atoms with E-state index in [0.29, 0.717) is 16.8 Å². The fourth-order valence-corrected chi connectivity index (χ4v) is 4.05. The number of carbonyl (C=O) groups excluding carboxylic acids is 1. The molecule has 1 aromatic carbocycles. The highest BCUT2D eigenvalue weighted by atomic mass is 19.4. The Balaban J connectivity index is 1.36. The number of alkyl halides is 3. The van der Waals surface area contributed by atoms with Gasteiger partial charge in [-0.1, -0.05) is 0 Å². The van der Waals surface area contributed by atoms with Crippen molar-refractivity contribution in [3.05, 3.63) is 78.6 Å². The van der Waals surface area contributed by atoms with E-state index >= 15 is 0 Å². The lowest BCUT2D eigenvalue weighted by Crippen LogP contribution is -2.17. The summed E-state index contributed by atoms with van der Waals surface area (Å²) in [4.78, 5) is 25.5. The summed E-state index contributed by atoms with van der Waals surface area (Å²) >= 11 is 0. The zero-order chi connectivity index (χ0) is 30.6. The summed E-state index contributed by atoms with van der Waals surface area (Å²) in [5.41, 5.74) is 1.31. The molecule has 0 spiro atoms. The predicted octanol–water partition coefficient (Wildman–Crippen LogP) is 5.05. The predicted molar refractivity (Wildman–Crippen MR) is 146 cm³/mol. The number of aromatic nitrogens is 5. The van der Waals surface area contributed by atoms with Crippen molar-refractivity contribution < 1.29 is 42.0 Å². The number of aliphatic hydroxyl groups excluding tert-OH is 1. The molecule has 2 N–H and O–H groups in total. The van der Waals surface area contributed by atoms with E-state index in [1.165, 1.54) is 67.0 Å². The first kappa shape index (κ1) is 29.1. The summed E-state index contributed by atoms with van der Waals surface area (Å²) in [6.45, 7) is 1.78. The highest BCUT2D eigenvalue weighted by Gasteiger charge is 2.33. The smallest absolute Gasteiger partial charge is 0.493 e. The van der Waals surface area contributed by atoms with Crippen LogP contribution in [0.2, 0.25) is 0 Å². The van der Waals surface area contributed by atoms with E-state index in [0.717, 1.165) is 6.07 Å². The highest BCUT2D eigenvalue weighted by molar-refractivity contribution is 6.04. The van der Waals surface area contributed by atoms with Gasteiger partial charge in [0.2, 0.25) is 0 Å². The van der Waals surface area contributed by atoms with Gasteiger partial charge >= 0.3 is 6.36 Å². The molecule has 15 heteroatoms. The summed E-state index contributed by atoms with van der Waals surface area (Å²) in [5.74, 6) is -0.525. The van der Waals surface area contributed by atoms with Crippen LogP contribution in [0.4, 0.5) is 19.0 Å². The Morgan fingerprint density at radius 2 is 1.86 bits per heavy atom. The fraction of sp³-hybridized carbons (Fsp3) is 0.179. The molecule has 0 aliphatic heterocycles. The van der Waals surface area contributed by atoms with Gasteiger partial charge in [0.15, 0.2) is 22.9 Å². The van der Waals surface area contributed by atoms with E-state index in [1.807, 2.05) is 0 Å². The van der Waals surface area contributed by atoms with Crippen LogP contribution in [0, 0.1) is 0 Å². The number of pyridine rings is 3. The summed E-state index contributed by atoms with van der Waals surface area (Å²) in [7, 11) is 1.22. The van der Waals surface area contributed by atoms with Crippen molar-refractivity contribution in [3.8, 4) is 34.4 Å². The van der Waals surface area contributed by atoms with Gasteiger partial charge in [0.1, 0.15) is 17.3 Å². The topological polar surface area (TPSA) is 143 Å². The van der Waals surface area contributed by atoms with Gasteiger partial charge in [-0.15, -0.1) is 13.2 Å². The first-order valence-electron chi connectivity index (χ1n) is 12.6. The number of ether oxygens (including phenoxy) is 4. The molecule has 4 heterocycles. The lowest BCUT2D eigenvalue weighted by atomic mass is 10.2. The van der Waals surface area contributed by atoms with Gasteiger partial charge in [-0.25, -0.2) is 9.67 Å². The molecule has 0 atom stereocenters. The second kappa shape index (κ2) is 12.2. The molecule has 12 nitrogen and oxygen atoms in total. The number of methoxy groups -OCH3 is 1. The van der Waals surface area contributed by atoms with Gasteiger partial charge in [0.25, 0.3) is 5.91 Å². The molecule has 0 fully saturated rings. The Labute approximate surface area is 241 Å². The molecule has 222 valence electrons. The van der Waals surface area contributed by atoms with Crippen molar-refractivity contribution in [2.45, 2.75) is 19.9 Å². The van der Waals surface area contributed by atoms with Crippen LogP contribution in [0.1, 0.15) is 23.0 Å². The zero-order valence-corrected chi connectivity index (χ0v) is 22.6. The van der Waals surface area contributed by atoms with Crippen molar-refractivity contribution in [1.82, 2.24) is 24.7 Å². The molecular formula is C28H23F3N6O6. The SMILES string of the molecule is CCOc1cn(-c2cnccc2CO)nc1C(=O)Nc1ccc(Oc2ccnc3cc(OC)c(OC(F)(F)F)cc23)cn1. The molecular weight excluding hydrogens is 573 g/mol. The number of rotatable bonds is 10. The monoisotopic (exact) mass is 596 g/mol. The standard InChI is InChI=1S/C28H23F3N6O6/c1-3-41-24-14-37(20-13-32-8-6-16(20)15-38)36-26(24)27(39)35-25-5-4-17(12-34-25)42-21-7-9-33-19-11-22(40-2)23(10-18(19)21)43-28(29,30)31/h4-14,38H,3,15H2,1-2H3,(H,34,35,39). The first-order valence-corrected chi connectivity index (χ1v) is 12.6. The third-order valence-electron chi connectivity index (χ3n) is 5.92. The van der Waals surface area contributed by atoms with Crippen molar-refractivity contribution in [2.24, 2.45) is 0 Å². The van der Waals surface area contributed by atoms with Crippen LogP contribution < -0.4 is 24.3 Å². The molecule has 0 saturated carbocycles. The molecule has 4 aromatic heterocycles. The number of carbonyl (C=O) groups is 1. The maximum atomic E-state index is 13.1. The Morgan fingerprint density at radius 3 is 2.56 bits per heavy atom. The Morgan fingerprint density at radius 1 is 1.02 bits per heavy atom. The third-order valence-corrected chi connectivity index (χ3v) is 5.92. The Kier molecular flexibility index (Phi) is 8.25. The van der Waals surface area contributed by atoms with Gasteiger partial charge < -0.3 is 29.4 Å². The first-order chi connectivity index (χ1) is 20.7. The molecule has 0 aliphatic rings. The number of anilines is 1. The maximum Gasteiger partial charge on any atom is 0.573 e. The van der Waals surface area contributed by atoms with E-state index < -0.39 is 18.0 Å². The van der Waals surface area contributed by atoms with E-state index in [4.69, 9.17) is 14.2 Å². The molecule has 1 amide bonds. The number of fused-ring (bicyclic) bond motifs is 1. The zero-order valence-electron chi connectivity index (χ0n) is 22.6. The second-order valence-electron chi connectivity index (χ2n) is 8.69. The minimum absolute atomic E-state index is 0.0210. The van der Waals surface area contributed by atoms with Crippen molar-refractivity contribution in [3.63, 3.8) is 0 Å². The average Bonchev–Trinajstić information content (AvgIpc) is 3.41. The largest absolute Gasteiger partial charge is 0.573 e. The number of hydrogen-bond donors (Lipinski definition) is 2. The molecule has 0 bridgehead atoms. The number of amides is 1. The van der Waals surface area contributed by atoms with Crippen molar-refractivity contribution in [2.75, 3.05) is 19.0 Å². The van der Waals surface area contributed by atoms with Crippen LogP contribution in [0.15, 0.2) is 67.4 Å². The van der Waals surface area contributed by atoms with Crippen LogP contribution in [0.25, 0.3) is 16.6 Å². The second-order valence-corrected chi connectivity index (χ2v) is 8.69. The molecule has 5 aromatic rings. The molecule has 0 radical (unpaired) electrons. The number of nitrogens with zero attached hydrogens (tertiary/aromatic N) is 5. The highest BCUT2D eigenvalue weighted by Crippen LogP contribution is 2.39. The van der Waals surface area contributed by atoms with Gasteiger partial charge in [-0.3, -0.25) is 14.8 Å². The van der Waals surface area contributed by atoms with Crippen LogP contribution in [-0.4, -0.2) is 55.8 Å². The van der Waals surface area contributed by atoms with Crippen LogP contribution in [0.5, 0.6) is 28.7 Å².